The molecule has 0 saturated carbocycles. The fraction of sp³-hybridized carbons (Fsp3) is 0. The van der Waals surface area contributed by atoms with Crippen LogP contribution >= 0.6 is 11.3 Å². The van der Waals surface area contributed by atoms with E-state index in [4.69, 9.17) is 19.9 Å². The van der Waals surface area contributed by atoms with E-state index in [1.165, 1.54) is 25.7 Å². The topological polar surface area (TPSA) is 56.0 Å². The number of thiophene rings is 1. The minimum absolute atomic E-state index is 0.650. The van der Waals surface area contributed by atoms with Crippen LogP contribution in [0.1, 0.15) is 0 Å². The molecule has 46 heavy (non-hydrogen) atoms. The molecule has 0 spiro atoms. The molecular formula is C40H25N5S. The fourth-order valence-corrected chi connectivity index (χ4v) is 7.07. The molecule has 0 atom stereocenters. The number of rotatable bonds is 5. The molecule has 0 aliphatic carbocycles. The van der Waals surface area contributed by atoms with Crippen LogP contribution in [0.5, 0.6) is 0 Å². The summed E-state index contributed by atoms with van der Waals surface area (Å²) in [6.07, 6.45) is 4.11. The van der Waals surface area contributed by atoms with Crippen molar-refractivity contribution >= 4 is 37.2 Å². The molecule has 0 radical (unpaired) electrons. The van der Waals surface area contributed by atoms with Crippen LogP contribution in [0.4, 0.5) is 0 Å². The minimum Gasteiger partial charge on any atom is -0.306 e. The van der Waals surface area contributed by atoms with Gasteiger partial charge in [0.25, 0.3) is 0 Å². The van der Waals surface area contributed by atoms with Gasteiger partial charge in [-0.25, -0.2) is 19.9 Å². The SMILES string of the molecule is c1ccc(-c2ccc(-c3nc(-c4ccccc4)nc(-c4ccc5c(c4)sc4ccc(-c6cn7ccccc7n6)cc45)n3)cc2)cc1. The lowest BCUT2D eigenvalue weighted by atomic mass is 10.0. The predicted molar refractivity (Wildman–Crippen MR) is 189 cm³/mol. The quantitative estimate of drug-likeness (QED) is 0.195. The van der Waals surface area contributed by atoms with Crippen molar-refractivity contribution in [2.75, 3.05) is 0 Å². The summed E-state index contributed by atoms with van der Waals surface area (Å²) in [6.45, 7) is 0. The third-order valence-corrected chi connectivity index (χ3v) is 9.44. The normalized spacial score (nSPS) is 11.5. The average Bonchev–Trinajstić information content (AvgIpc) is 3.73. The maximum absolute atomic E-state index is 5.01. The summed E-state index contributed by atoms with van der Waals surface area (Å²) in [4.78, 5) is 19.7. The molecular weight excluding hydrogens is 583 g/mol. The Morgan fingerprint density at radius 1 is 0.413 bits per heavy atom. The third kappa shape index (κ3) is 4.72. The van der Waals surface area contributed by atoms with Gasteiger partial charge in [0.05, 0.1) is 5.69 Å². The van der Waals surface area contributed by atoms with E-state index in [-0.39, 0.29) is 0 Å². The molecule has 0 amide bonds. The van der Waals surface area contributed by atoms with Crippen LogP contribution in [-0.2, 0) is 0 Å². The van der Waals surface area contributed by atoms with Gasteiger partial charge in [-0.15, -0.1) is 11.3 Å². The number of aromatic nitrogens is 5. The Bertz CT molecular complexity index is 2480. The minimum atomic E-state index is 0.650. The zero-order valence-electron chi connectivity index (χ0n) is 24.6. The van der Waals surface area contributed by atoms with Crippen LogP contribution in [0.2, 0.25) is 0 Å². The largest absolute Gasteiger partial charge is 0.306 e. The lowest BCUT2D eigenvalue weighted by Gasteiger charge is -2.09. The number of benzene rings is 5. The first-order valence-corrected chi connectivity index (χ1v) is 15.9. The van der Waals surface area contributed by atoms with Crippen LogP contribution in [0, 0.1) is 0 Å². The van der Waals surface area contributed by atoms with Crippen LogP contribution in [0.25, 0.3) is 82.4 Å². The van der Waals surface area contributed by atoms with Gasteiger partial charge in [0.1, 0.15) is 5.65 Å². The van der Waals surface area contributed by atoms with Gasteiger partial charge < -0.3 is 4.40 Å². The molecule has 6 heteroatoms. The first-order chi connectivity index (χ1) is 22.7. The Hall–Kier alpha value is -5.98. The number of nitrogens with zero attached hydrogens (tertiary/aromatic N) is 5. The van der Waals surface area contributed by atoms with Gasteiger partial charge in [0, 0.05) is 54.8 Å². The molecule has 4 aromatic heterocycles. The van der Waals surface area contributed by atoms with Gasteiger partial charge >= 0.3 is 0 Å². The van der Waals surface area contributed by atoms with Gasteiger partial charge in [-0.1, -0.05) is 109 Å². The first-order valence-electron chi connectivity index (χ1n) is 15.1. The Balaban J connectivity index is 1.13. The highest BCUT2D eigenvalue weighted by atomic mass is 32.1. The highest BCUT2D eigenvalue weighted by Crippen LogP contribution is 2.38. The van der Waals surface area contributed by atoms with E-state index < -0.39 is 0 Å². The summed E-state index contributed by atoms with van der Waals surface area (Å²) in [6, 6.07) is 48.1. The van der Waals surface area contributed by atoms with Gasteiger partial charge in [0.15, 0.2) is 17.5 Å². The molecule has 0 fully saturated rings. The zero-order chi connectivity index (χ0) is 30.5. The van der Waals surface area contributed by atoms with Gasteiger partial charge in [-0.05, 0) is 41.5 Å². The number of hydrogen-bond acceptors (Lipinski definition) is 5. The van der Waals surface area contributed by atoms with Crippen molar-refractivity contribution < 1.29 is 0 Å². The second kappa shape index (κ2) is 10.9. The maximum Gasteiger partial charge on any atom is 0.164 e. The van der Waals surface area contributed by atoms with Crippen LogP contribution < -0.4 is 0 Å². The molecule has 0 aliphatic rings. The third-order valence-electron chi connectivity index (χ3n) is 8.31. The number of imidazole rings is 1. The Morgan fingerprint density at radius 2 is 1.00 bits per heavy atom. The smallest absolute Gasteiger partial charge is 0.164 e. The molecule has 9 aromatic rings. The monoisotopic (exact) mass is 607 g/mol. The first kappa shape index (κ1) is 26.4. The van der Waals surface area contributed by atoms with E-state index in [2.05, 4.69) is 95.5 Å². The Morgan fingerprint density at radius 3 is 1.74 bits per heavy atom. The maximum atomic E-state index is 5.01. The van der Waals surface area contributed by atoms with Gasteiger partial charge in [-0.2, -0.15) is 0 Å². The standard InChI is InChI=1S/C40H25N5S/c1-3-9-26(10-4-1)27-14-16-29(17-15-27)39-42-38(28-11-5-2-6-12-28)43-40(44-39)31-18-20-32-33-23-30(19-21-35(33)46-36(32)24-31)34-25-45-22-8-7-13-37(45)41-34/h1-25H. The molecule has 0 saturated heterocycles. The highest BCUT2D eigenvalue weighted by molar-refractivity contribution is 7.25. The van der Waals surface area contributed by atoms with Crippen LogP contribution in [-0.4, -0.2) is 24.3 Å². The van der Waals surface area contributed by atoms with E-state index in [1.807, 2.05) is 60.8 Å². The Kier molecular flexibility index (Phi) is 6.25. The van der Waals surface area contributed by atoms with Gasteiger partial charge in [0.2, 0.25) is 0 Å². The fourth-order valence-electron chi connectivity index (χ4n) is 5.94. The second-order valence-corrected chi connectivity index (χ2v) is 12.3. The molecule has 0 bridgehead atoms. The summed E-state index contributed by atoms with van der Waals surface area (Å²) in [5.74, 6) is 1.96. The second-order valence-electron chi connectivity index (χ2n) is 11.2. The van der Waals surface area contributed by atoms with Crippen LogP contribution in [0.15, 0.2) is 152 Å². The molecule has 5 aromatic carbocycles. The number of hydrogen-bond donors (Lipinski definition) is 0. The molecule has 216 valence electrons. The Labute approximate surface area is 269 Å². The van der Waals surface area contributed by atoms with Crippen molar-refractivity contribution in [3.8, 4) is 56.5 Å². The van der Waals surface area contributed by atoms with E-state index in [1.54, 1.807) is 11.3 Å². The molecule has 5 nitrogen and oxygen atoms in total. The number of fused-ring (bicyclic) bond motifs is 4. The highest BCUT2D eigenvalue weighted by Gasteiger charge is 2.15. The summed E-state index contributed by atoms with van der Waals surface area (Å²) < 4.78 is 4.48. The molecule has 9 rings (SSSR count). The van der Waals surface area contributed by atoms with E-state index in [9.17, 15) is 0 Å². The summed E-state index contributed by atoms with van der Waals surface area (Å²) >= 11 is 1.78. The van der Waals surface area contributed by atoms with E-state index in [0.717, 1.165) is 39.2 Å². The lowest BCUT2D eigenvalue weighted by Crippen LogP contribution is -2.00. The molecule has 0 aliphatic heterocycles. The number of pyridine rings is 1. The van der Waals surface area contributed by atoms with Crippen molar-refractivity contribution in [3.63, 3.8) is 0 Å². The van der Waals surface area contributed by atoms with Crippen molar-refractivity contribution in [1.82, 2.24) is 24.3 Å². The zero-order valence-corrected chi connectivity index (χ0v) is 25.4. The van der Waals surface area contributed by atoms with Crippen molar-refractivity contribution in [1.29, 1.82) is 0 Å². The lowest BCUT2D eigenvalue weighted by molar-refractivity contribution is 1.07. The van der Waals surface area contributed by atoms with Crippen LogP contribution in [0.3, 0.4) is 0 Å². The summed E-state index contributed by atoms with van der Waals surface area (Å²) in [7, 11) is 0. The summed E-state index contributed by atoms with van der Waals surface area (Å²) in [5, 5.41) is 2.43. The predicted octanol–water partition coefficient (Wildman–Crippen LogP) is 10.2. The van der Waals surface area contributed by atoms with Crippen molar-refractivity contribution in [2.24, 2.45) is 0 Å². The van der Waals surface area contributed by atoms with Crippen molar-refractivity contribution in [3.05, 3.63) is 152 Å². The molecule has 4 heterocycles. The average molecular weight is 608 g/mol. The van der Waals surface area contributed by atoms with Gasteiger partial charge in [-0.3, -0.25) is 0 Å². The van der Waals surface area contributed by atoms with E-state index in [0.29, 0.717) is 17.5 Å². The van der Waals surface area contributed by atoms with E-state index >= 15 is 0 Å². The molecule has 0 unspecified atom stereocenters. The molecule has 0 N–H and O–H groups in total. The summed E-state index contributed by atoms with van der Waals surface area (Å²) in [5.41, 5.74) is 8.20. The van der Waals surface area contributed by atoms with Crippen molar-refractivity contribution in [2.45, 2.75) is 0 Å².